The summed E-state index contributed by atoms with van der Waals surface area (Å²) in [6.45, 7) is 1.53. The number of amides is 1. The van der Waals surface area contributed by atoms with Gasteiger partial charge in [-0.25, -0.2) is 8.78 Å². The van der Waals surface area contributed by atoms with E-state index in [4.69, 9.17) is 4.74 Å². The van der Waals surface area contributed by atoms with Gasteiger partial charge in [0.1, 0.15) is 0 Å². The number of carbonyl (C=O) groups excluding carboxylic acids is 1. The van der Waals surface area contributed by atoms with E-state index in [-0.39, 0.29) is 5.56 Å². The summed E-state index contributed by atoms with van der Waals surface area (Å²) in [5.74, 6) is -2.51. The monoisotopic (exact) mass is 332 g/mol. The lowest BCUT2D eigenvalue weighted by atomic mass is 10.1. The van der Waals surface area contributed by atoms with Crippen LogP contribution in [0.3, 0.4) is 0 Å². The number of halogens is 2. The maximum absolute atomic E-state index is 13.2. The van der Waals surface area contributed by atoms with Gasteiger partial charge in [-0.2, -0.15) is 0 Å². The van der Waals surface area contributed by atoms with Gasteiger partial charge in [0.2, 0.25) is 0 Å². The minimum absolute atomic E-state index is 0.0679. The molecule has 0 bridgehead atoms. The Morgan fingerprint density at radius 2 is 1.62 bits per heavy atom. The number of nitrogens with one attached hydrogen (secondary N) is 2. The molecule has 2 aromatic carbocycles. The summed E-state index contributed by atoms with van der Waals surface area (Å²) in [5, 5.41) is 6.08. The van der Waals surface area contributed by atoms with Crippen LogP contribution in [0.1, 0.15) is 23.2 Å². The third-order valence-electron chi connectivity index (χ3n) is 3.92. The molecule has 0 spiro atoms. The minimum atomic E-state index is -1.04. The van der Waals surface area contributed by atoms with Gasteiger partial charge in [-0.05, 0) is 55.3 Å². The summed E-state index contributed by atoms with van der Waals surface area (Å²) in [7, 11) is 0. The molecule has 6 heteroatoms. The molecule has 1 fully saturated rings. The molecule has 2 N–H and O–H groups in total. The molecular formula is C18H18F2N2O2. The van der Waals surface area contributed by atoms with E-state index in [2.05, 4.69) is 10.6 Å². The molecule has 4 nitrogen and oxygen atoms in total. The Labute approximate surface area is 138 Å². The van der Waals surface area contributed by atoms with Crippen molar-refractivity contribution in [2.75, 3.05) is 23.8 Å². The first kappa shape index (κ1) is 16.4. The van der Waals surface area contributed by atoms with Crippen molar-refractivity contribution < 1.29 is 18.3 Å². The minimum Gasteiger partial charge on any atom is -0.382 e. The zero-order valence-electron chi connectivity index (χ0n) is 13.0. The number of hydrogen-bond acceptors (Lipinski definition) is 3. The molecular weight excluding hydrogens is 314 g/mol. The lowest BCUT2D eigenvalue weighted by Crippen LogP contribution is -2.27. The summed E-state index contributed by atoms with van der Waals surface area (Å²) in [4.78, 5) is 12.0. The van der Waals surface area contributed by atoms with Crippen LogP contribution in [0.2, 0.25) is 0 Å². The van der Waals surface area contributed by atoms with E-state index in [1.165, 1.54) is 6.07 Å². The predicted octanol–water partition coefficient (Wildman–Crippen LogP) is 3.81. The van der Waals surface area contributed by atoms with Crippen molar-refractivity contribution in [3.05, 3.63) is 59.7 Å². The summed E-state index contributed by atoms with van der Waals surface area (Å²) < 4.78 is 31.4. The molecule has 126 valence electrons. The van der Waals surface area contributed by atoms with Crippen molar-refractivity contribution in [2.24, 2.45) is 0 Å². The second kappa shape index (κ2) is 7.40. The number of hydrogen-bond donors (Lipinski definition) is 2. The zero-order chi connectivity index (χ0) is 16.9. The molecule has 1 saturated heterocycles. The smallest absolute Gasteiger partial charge is 0.255 e. The second-order valence-electron chi connectivity index (χ2n) is 5.69. The van der Waals surface area contributed by atoms with Crippen molar-refractivity contribution >= 4 is 17.3 Å². The molecule has 24 heavy (non-hydrogen) atoms. The van der Waals surface area contributed by atoms with Gasteiger partial charge >= 0.3 is 0 Å². The Hall–Kier alpha value is -2.47. The average Bonchev–Trinajstić information content (AvgIpc) is 2.60. The Morgan fingerprint density at radius 1 is 0.958 bits per heavy atom. The molecule has 1 aliphatic rings. The fraction of sp³-hybridized carbons (Fsp3) is 0.278. The average molecular weight is 332 g/mol. The lowest BCUT2D eigenvalue weighted by Gasteiger charge is -2.24. The van der Waals surface area contributed by atoms with Crippen LogP contribution in [0.15, 0.2) is 42.5 Å². The first-order valence-corrected chi connectivity index (χ1v) is 7.82. The molecule has 0 aromatic heterocycles. The van der Waals surface area contributed by atoms with Gasteiger partial charge in [-0.3, -0.25) is 4.79 Å². The maximum Gasteiger partial charge on any atom is 0.255 e. The van der Waals surface area contributed by atoms with Gasteiger partial charge in [0.25, 0.3) is 5.91 Å². The first-order chi connectivity index (χ1) is 11.6. The predicted molar refractivity (Wildman–Crippen MR) is 88.2 cm³/mol. The largest absolute Gasteiger partial charge is 0.382 e. The molecule has 1 aliphatic heterocycles. The number of ether oxygens (including phenoxy) is 1. The highest BCUT2D eigenvalue weighted by molar-refractivity contribution is 6.04. The van der Waals surface area contributed by atoms with Gasteiger partial charge in [0, 0.05) is 36.2 Å². The highest BCUT2D eigenvalue weighted by atomic mass is 19.2. The van der Waals surface area contributed by atoms with Crippen LogP contribution in [-0.4, -0.2) is 25.2 Å². The summed E-state index contributed by atoms with van der Waals surface area (Å²) in [6.07, 6.45) is 1.93. The molecule has 2 aromatic rings. The van der Waals surface area contributed by atoms with Crippen molar-refractivity contribution in [1.29, 1.82) is 0 Å². The van der Waals surface area contributed by atoms with E-state index in [0.29, 0.717) is 11.7 Å². The Balaban J connectivity index is 1.60. The highest BCUT2D eigenvalue weighted by Crippen LogP contribution is 2.19. The van der Waals surface area contributed by atoms with Crippen molar-refractivity contribution in [3.8, 4) is 0 Å². The maximum atomic E-state index is 13.2. The number of carbonyl (C=O) groups is 1. The summed E-state index contributed by atoms with van der Waals surface area (Å²) in [5.41, 5.74) is 1.62. The van der Waals surface area contributed by atoms with E-state index in [1.54, 1.807) is 12.1 Å². The van der Waals surface area contributed by atoms with Crippen LogP contribution in [0.5, 0.6) is 0 Å². The Morgan fingerprint density at radius 3 is 2.29 bits per heavy atom. The van der Waals surface area contributed by atoms with Crippen LogP contribution in [0.25, 0.3) is 0 Å². The molecule has 3 rings (SSSR count). The van der Waals surface area contributed by atoms with E-state index >= 15 is 0 Å². The highest BCUT2D eigenvalue weighted by Gasteiger charge is 2.13. The lowest BCUT2D eigenvalue weighted by molar-refractivity contribution is 0.0904. The topological polar surface area (TPSA) is 50.4 Å². The molecule has 1 heterocycles. The quantitative estimate of drug-likeness (QED) is 0.895. The van der Waals surface area contributed by atoms with E-state index in [0.717, 1.165) is 43.9 Å². The van der Waals surface area contributed by atoms with Gasteiger partial charge in [-0.15, -0.1) is 0 Å². The van der Waals surface area contributed by atoms with Crippen LogP contribution < -0.4 is 10.6 Å². The van der Waals surface area contributed by atoms with Crippen molar-refractivity contribution in [1.82, 2.24) is 0 Å². The van der Waals surface area contributed by atoms with Crippen LogP contribution in [0, 0.1) is 11.6 Å². The third-order valence-corrected chi connectivity index (χ3v) is 3.92. The second-order valence-corrected chi connectivity index (χ2v) is 5.69. The standard InChI is InChI=1S/C18H18F2N2O2/c19-16-6-1-12(11-17(16)20)18(23)22-14-4-2-13(3-5-14)21-15-7-9-24-10-8-15/h1-6,11,15,21H,7-10H2,(H,22,23). The SMILES string of the molecule is O=C(Nc1ccc(NC2CCOCC2)cc1)c1ccc(F)c(F)c1. The van der Waals surface area contributed by atoms with Gasteiger partial charge in [0.05, 0.1) is 0 Å². The zero-order valence-corrected chi connectivity index (χ0v) is 13.0. The Kier molecular flexibility index (Phi) is 5.05. The van der Waals surface area contributed by atoms with Gasteiger partial charge < -0.3 is 15.4 Å². The normalized spacial score (nSPS) is 15.1. The third kappa shape index (κ3) is 4.08. The molecule has 0 unspecified atom stereocenters. The van der Waals surface area contributed by atoms with Crippen LogP contribution in [-0.2, 0) is 4.74 Å². The van der Waals surface area contributed by atoms with E-state index in [1.807, 2.05) is 12.1 Å². The number of anilines is 2. The van der Waals surface area contributed by atoms with Gasteiger partial charge in [0.15, 0.2) is 11.6 Å². The molecule has 1 amide bonds. The van der Waals surface area contributed by atoms with Crippen LogP contribution >= 0.6 is 0 Å². The number of rotatable bonds is 4. The van der Waals surface area contributed by atoms with Gasteiger partial charge in [-0.1, -0.05) is 0 Å². The van der Waals surface area contributed by atoms with Crippen molar-refractivity contribution in [2.45, 2.75) is 18.9 Å². The molecule has 0 saturated carbocycles. The van der Waals surface area contributed by atoms with E-state index < -0.39 is 17.5 Å². The number of benzene rings is 2. The van der Waals surface area contributed by atoms with Crippen LogP contribution in [0.4, 0.5) is 20.2 Å². The fourth-order valence-electron chi connectivity index (χ4n) is 2.57. The molecule has 0 radical (unpaired) electrons. The van der Waals surface area contributed by atoms with Crippen molar-refractivity contribution in [3.63, 3.8) is 0 Å². The molecule has 0 atom stereocenters. The van der Waals surface area contributed by atoms with E-state index in [9.17, 15) is 13.6 Å². The Bertz CT molecular complexity index is 713. The summed E-state index contributed by atoms with van der Waals surface area (Å²) in [6, 6.07) is 10.7. The fourth-order valence-corrected chi connectivity index (χ4v) is 2.57. The first-order valence-electron chi connectivity index (χ1n) is 7.82. The summed E-state index contributed by atoms with van der Waals surface area (Å²) >= 11 is 0. The molecule has 0 aliphatic carbocycles.